The Morgan fingerprint density at radius 1 is 1.40 bits per heavy atom. The molecule has 1 aromatic carbocycles. The van der Waals surface area contributed by atoms with E-state index < -0.39 is 0 Å². The molecule has 1 aromatic rings. The Morgan fingerprint density at radius 3 is 2.67 bits per heavy atom. The van der Waals surface area contributed by atoms with Crippen LogP contribution in [0.25, 0.3) is 0 Å². The van der Waals surface area contributed by atoms with Crippen LogP contribution in [0.15, 0.2) is 18.2 Å². The molecule has 2 rings (SSSR count). The zero-order valence-corrected chi connectivity index (χ0v) is 9.66. The molecule has 0 saturated heterocycles. The molecule has 1 aliphatic carbocycles. The highest BCUT2D eigenvalue weighted by Gasteiger charge is 2.23. The predicted octanol–water partition coefficient (Wildman–Crippen LogP) is 2.30. The second kappa shape index (κ2) is 4.23. The molecular weight excluding hydrogens is 184 g/mol. The van der Waals surface area contributed by atoms with E-state index in [4.69, 9.17) is 5.73 Å². The fraction of sp³-hybridized carbons (Fsp3) is 0.538. The van der Waals surface area contributed by atoms with E-state index in [9.17, 15) is 0 Å². The molecule has 0 aliphatic heterocycles. The van der Waals surface area contributed by atoms with Gasteiger partial charge in [0.15, 0.2) is 0 Å². The number of aryl methyl sites for hydroxylation is 1. The summed E-state index contributed by atoms with van der Waals surface area (Å²) in [6, 6.07) is 6.52. The number of nitrogens with two attached hydrogens (primary N) is 1. The third-order valence-electron chi connectivity index (χ3n) is 3.14. The lowest BCUT2D eigenvalue weighted by Gasteiger charge is -2.21. The minimum Gasteiger partial charge on any atom is -0.374 e. The van der Waals surface area contributed by atoms with Gasteiger partial charge in [0.2, 0.25) is 0 Å². The molecule has 0 spiro atoms. The van der Waals surface area contributed by atoms with Crippen molar-refractivity contribution >= 4 is 5.69 Å². The maximum absolute atomic E-state index is 5.62. The summed E-state index contributed by atoms with van der Waals surface area (Å²) in [6.45, 7) is 3.99. The molecule has 82 valence electrons. The monoisotopic (exact) mass is 204 g/mol. The van der Waals surface area contributed by atoms with Gasteiger partial charge in [-0.05, 0) is 42.9 Å². The topological polar surface area (TPSA) is 29.3 Å². The van der Waals surface area contributed by atoms with Crippen LogP contribution in [0.4, 0.5) is 5.69 Å². The molecule has 0 bridgehead atoms. The fourth-order valence-corrected chi connectivity index (χ4v) is 2.06. The van der Waals surface area contributed by atoms with Gasteiger partial charge < -0.3 is 10.6 Å². The lowest BCUT2D eigenvalue weighted by atomic mass is 10.1. The van der Waals surface area contributed by atoms with E-state index in [0.29, 0.717) is 6.54 Å². The summed E-state index contributed by atoms with van der Waals surface area (Å²) in [6.07, 6.45) is 2.81. The minimum absolute atomic E-state index is 0.632. The number of hydrogen-bond donors (Lipinski definition) is 1. The molecule has 2 nitrogen and oxygen atoms in total. The Labute approximate surface area is 92.1 Å². The number of hydrogen-bond acceptors (Lipinski definition) is 2. The first kappa shape index (κ1) is 10.5. The van der Waals surface area contributed by atoms with Crippen LogP contribution in [-0.2, 0) is 6.54 Å². The summed E-state index contributed by atoms with van der Waals surface area (Å²) in [5, 5.41) is 0. The van der Waals surface area contributed by atoms with Crippen molar-refractivity contribution in [2.24, 2.45) is 11.7 Å². The Bertz CT molecular complexity index is 342. The molecule has 0 radical (unpaired) electrons. The van der Waals surface area contributed by atoms with E-state index in [1.807, 2.05) is 0 Å². The van der Waals surface area contributed by atoms with E-state index in [0.717, 1.165) is 5.92 Å². The van der Waals surface area contributed by atoms with Crippen LogP contribution in [0.2, 0.25) is 0 Å². The molecule has 2 N–H and O–H groups in total. The van der Waals surface area contributed by atoms with E-state index in [2.05, 4.69) is 37.1 Å². The van der Waals surface area contributed by atoms with Gasteiger partial charge in [0.05, 0.1) is 0 Å². The van der Waals surface area contributed by atoms with E-state index in [1.165, 1.54) is 36.2 Å². The quantitative estimate of drug-likeness (QED) is 0.815. The fourth-order valence-electron chi connectivity index (χ4n) is 2.06. The van der Waals surface area contributed by atoms with Gasteiger partial charge in [-0.3, -0.25) is 0 Å². The van der Waals surface area contributed by atoms with Crippen molar-refractivity contribution in [3.63, 3.8) is 0 Å². The van der Waals surface area contributed by atoms with Crippen molar-refractivity contribution in [2.45, 2.75) is 26.3 Å². The van der Waals surface area contributed by atoms with Gasteiger partial charge in [-0.25, -0.2) is 0 Å². The summed E-state index contributed by atoms with van der Waals surface area (Å²) in [5.74, 6) is 0.934. The third-order valence-corrected chi connectivity index (χ3v) is 3.14. The third kappa shape index (κ3) is 2.51. The lowest BCUT2D eigenvalue weighted by molar-refractivity contribution is 0.785. The summed E-state index contributed by atoms with van der Waals surface area (Å²) in [4.78, 5) is 2.37. The highest BCUT2D eigenvalue weighted by molar-refractivity contribution is 5.54. The zero-order chi connectivity index (χ0) is 10.8. The summed E-state index contributed by atoms with van der Waals surface area (Å²) in [7, 11) is 2.18. The molecule has 1 aliphatic rings. The molecule has 15 heavy (non-hydrogen) atoms. The second-order valence-corrected chi connectivity index (χ2v) is 4.65. The van der Waals surface area contributed by atoms with Gasteiger partial charge in [-0.15, -0.1) is 0 Å². The molecule has 0 aromatic heterocycles. The van der Waals surface area contributed by atoms with Crippen LogP contribution in [0.1, 0.15) is 24.0 Å². The van der Waals surface area contributed by atoms with Crippen molar-refractivity contribution in [1.29, 1.82) is 0 Å². The van der Waals surface area contributed by atoms with Gasteiger partial charge in [0, 0.05) is 25.8 Å². The van der Waals surface area contributed by atoms with Crippen molar-refractivity contribution in [1.82, 2.24) is 0 Å². The maximum Gasteiger partial charge on any atom is 0.0393 e. The van der Waals surface area contributed by atoms with Crippen LogP contribution >= 0.6 is 0 Å². The number of anilines is 1. The summed E-state index contributed by atoms with van der Waals surface area (Å²) < 4.78 is 0. The summed E-state index contributed by atoms with van der Waals surface area (Å²) in [5.41, 5.74) is 9.52. The van der Waals surface area contributed by atoms with E-state index in [-0.39, 0.29) is 0 Å². The molecule has 1 fully saturated rings. The molecular formula is C13H20N2. The summed E-state index contributed by atoms with van der Waals surface area (Å²) >= 11 is 0. The zero-order valence-electron chi connectivity index (χ0n) is 9.66. The van der Waals surface area contributed by atoms with Gasteiger partial charge in [-0.2, -0.15) is 0 Å². The first-order chi connectivity index (χ1) is 7.20. The Kier molecular flexibility index (Phi) is 2.96. The van der Waals surface area contributed by atoms with E-state index in [1.54, 1.807) is 0 Å². The molecule has 0 unspecified atom stereocenters. The second-order valence-electron chi connectivity index (χ2n) is 4.65. The highest BCUT2D eigenvalue weighted by Crippen LogP contribution is 2.31. The van der Waals surface area contributed by atoms with E-state index >= 15 is 0 Å². The van der Waals surface area contributed by atoms with Crippen molar-refractivity contribution in [3.8, 4) is 0 Å². The predicted molar refractivity (Wildman–Crippen MR) is 65.1 cm³/mol. The largest absolute Gasteiger partial charge is 0.374 e. The number of nitrogens with zero attached hydrogens (tertiary/aromatic N) is 1. The SMILES string of the molecule is Cc1cc(CN)ccc1N(C)CC1CC1. The first-order valence-corrected chi connectivity index (χ1v) is 5.71. The maximum atomic E-state index is 5.62. The Hall–Kier alpha value is -1.02. The van der Waals surface area contributed by atoms with Gasteiger partial charge in [0.25, 0.3) is 0 Å². The Morgan fingerprint density at radius 2 is 2.13 bits per heavy atom. The molecule has 0 atom stereocenters. The van der Waals surface area contributed by atoms with Gasteiger partial charge >= 0.3 is 0 Å². The standard InChI is InChI=1S/C13H20N2/c1-10-7-12(8-14)5-6-13(10)15(2)9-11-3-4-11/h5-7,11H,3-4,8-9,14H2,1-2H3. The van der Waals surface area contributed by atoms with Crippen LogP contribution in [-0.4, -0.2) is 13.6 Å². The van der Waals surface area contributed by atoms with Crippen molar-refractivity contribution < 1.29 is 0 Å². The van der Waals surface area contributed by atoms with Crippen LogP contribution < -0.4 is 10.6 Å². The van der Waals surface area contributed by atoms with Gasteiger partial charge in [0.1, 0.15) is 0 Å². The smallest absolute Gasteiger partial charge is 0.0393 e. The Balaban J connectivity index is 2.11. The van der Waals surface area contributed by atoms with Crippen molar-refractivity contribution in [3.05, 3.63) is 29.3 Å². The normalized spacial score (nSPS) is 15.4. The lowest BCUT2D eigenvalue weighted by Crippen LogP contribution is -2.20. The average Bonchev–Trinajstić information content (AvgIpc) is 3.01. The number of benzene rings is 1. The van der Waals surface area contributed by atoms with Gasteiger partial charge in [-0.1, -0.05) is 12.1 Å². The molecule has 2 heteroatoms. The van der Waals surface area contributed by atoms with Crippen LogP contribution in [0.5, 0.6) is 0 Å². The first-order valence-electron chi connectivity index (χ1n) is 5.71. The highest BCUT2D eigenvalue weighted by atomic mass is 15.1. The molecule has 0 heterocycles. The molecule has 0 amide bonds. The number of rotatable bonds is 4. The van der Waals surface area contributed by atoms with Crippen LogP contribution in [0, 0.1) is 12.8 Å². The average molecular weight is 204 g/mol. The molecule has 1 saturated carbocycles. The minimum atomic E-state index is 0.632. The van der Waals surface area contributed by atoms with Crippen LogP contribution in [0.3, 0.4) is 0 Å². The van der Waals surface area contributed by atoms with Crippen molar-refractivity contribution in [2.75, 3.05) is 18.5 Å².